The lowest BCUT2D eigenvalue weighted by molar-refractivity contribution is 0.0304. The van der Waals surface area contributed by atoms with Crippen LogP contribution in [0.1, 0.15) is 21.6 Å². The summed E-state index contributed by atoms with van der Waals surface area (Å²) < 4.78 is 5.39. The summed E-state index contributed by atoms with van der Waals surface area (Å²) in [6.07, 6.45) is 3.95. The first-order chi connectivity index (χ1) is 13.1. The molecule has 0 spiro atoms. The summed E-state index contributed by atoms with van der Waals surface area (Å²) in [4.78, 5) is 18.5. The number of nitrogens with zero attached hydrogens (tertiary/aromatic N) is 1. The molecule has 136 valence electrons. The second kappa shape index (κ2) is 7.63. The van der Waals surface area contributed by atoms with E-state index in [1.54, 1.807) is 0 Å². The summed E-state index contributed by atoms with van der Waals surface area (Å²) in [5.41, 5.74) is 4.70. The summed E-state index contributed by atoms with van der Waals surface area (Å²) in [7, 11) is 2.05. The predicted molar refractivity (Wildman–Crippen MR) is 114 cm³/mol. The molecule has 0 radical (unpaired) electrons. The maximum atomic E-state index is 13.2. The van der Waals surface area contributed by atoms with Crippen LogP contribution in [0.15, 0.2) is 42.5 Å². The number of halogens is 1. The van der Waals surface area contributed by atoms with Gasteiger partial charge in [0.15, 0.2) is 0 Å². The lowest BCUT2D eigenvalue weighted by Gasteiger charge is -2.27. The minimum atomic E-state index is 0.0455. The van der Waals surface area contributed by atoms with Crippen LogP contribution in [0, 0.1) is 0 Å². The molecular weight excluding hydrogens is 359 g/mol. The fourth-order valence-corrected chi connectivity index (χ4v) is 3.49. The average Bonchev–Trinajstić information content (AvgIpc) is 3.05. The Hall–Kier alpha value is -2.50. The molecule has 1 amide bonds. The molecule has 1 aromatic heterocycles. The Bertz CT molecular complexity index is 1000. The molecule has 1 saturated heterocycles. The van der Waals surface area contributed by atoms with Crippen LogP contribution < -0.4 is 5.46 Å². The zero-order chi connectivity index (χ0) is 18.8. The lowest BCUT2D eigenvalue weighted by atomic mass is 9.94. The Balaban J connectivity index is 1.76. The third-order valence-corrected chi connectivity index (χ3v) is 5.06. The van der Waals surface area contributed by atoms with E-state index in [1.165, 1.54) is 0 Å². The van der Waals surface area contributed by atoms with E-state index in [0.29, 0.717) is 31.3 Å². The number of morpholine rings is 1. The first-order valence-electron chi connectivity index (χ1n) is 9.05. The smallest absolute Gasteiger partial charge is 0.256 e. The fraction of sp³-hybridized carbons (Fsp3) is 0.190. The Kier molecular flexibility index (Phi) is 5.06. The van der Waals surface area contributed by atoms with Gasteiger partial charge in [-0.15, -0.1) is 0 Å². The molecule has 0 saturated carbocycles. The van der Waals surface area contributed by atoms with Gasteiger partial charge in [-0.25, -0.2) is 0 Å². The van der Waals surface area contributed by atoms with E-state index in [-0.39, 0.29) is 5.91 Å². The lowest BCUT2D eigenvalue weighted by Crippen LogP contribution is -2.40. The molecule has 0 atom stereocenters. The van der Waals surface area contributed by atoms with E-state index in [1.807, 2.05) is 61.3 Å². The van der Waals surface area contributed by atoms with Crippen molar-refractivity contribution in [1.82, 2.24) is 9.88 Å². The zero-order valence-corrected chi connectivity index (χ0v) is 15.9. The van der Waals surface area contributed by atoms with Crippen LogP contribution in [0.25, 0.3) is 23.1 Å². The number of carbonyl (C=O) groups excluding carboxylic acids is 1. The number of fused-ring (bicyclic) bond motifs is 1. The van der Waals surface area contributed by atoms with Gasteiger partial charge in [-0.05, 0) is 29.8 Å². The van der Waals surface area contributed by atoms with Gasteiger partial charge in [0.2, 0.25) is 0 Å². The topological polar surface area (TPSA) is 45.3 Å². The Morgan fingerprint density at radius 1 is 1.11 bits per heavy atom. The number of nitrogens with one attached hydrogen (secondary N) is 1. The maximum Gasteiger partial charge on any atom is 0.256 e. The molecule has 3 aromatic rings. The number of rotatable bonds is 3. The molecule has 4 rings (SSSR count). The second-order valence-corrected chi connectivity index (χ2v) is 7.19. The van der Waals surface area contributed by atoms with Crippen LogP contribution in [0.4, 0.5) is 0 Å². The van der Waals surface area contributed by atoms with Gasteiger partial charge in [0.05, 0.1) is 24.5 Å². The van der Waals surface area contributed by atoms with Gasteiger partial charge in [0.1, 0.15) is 7.85 Å². The molecule has 0 aliphatic carbocycles. The van der Waals surface area contributed by atoms with E-state index in [2.05, 4.69) is 11.1 Å². The van der Waals surface area contributed by atoms with E-state index in [9.17, 15) is 4.79 Å². The van der Waals surface area contributed by atoms with Crippen molar-refractivity contribution in [2.24, 2.45) is 0 Å². The highest BCUT2D eigenvalue weighted by atomic mass is 35.5. The molecule has 2 aromatic carbocycles. The van der Waals surface area contributed by atoms with Gasteiger partial charge < -0.3 is 14.6 Å². The van der Waals surface area contributed by atoms with Crippen molar-refractivity contribution in [1.29, 1.82) is 0 Å². The molecule has 0 bridgehead atoms. The highest BCUT2D eigenvalue weighted by Crippen LogP contribution is 2.25. The summed E-state index contributed by atoms with van der Waals surface area (Å²) >= 11 is 5.96. The molecule has 1 fully saturated rings. The number of amides is 1. The Labute approximate surface area is 164 Å². The molecule has 2 heterocycles. The third-order valence-electron chi connectivity index (χ3n) is 4.81. The average molecular weight is 379 g/mol. The molecule has 1 aliphatic rings. The van der Waals surface area contributed by atoms with E-state index in [4.69, 9.17) is 16.3 Å². The van der Waals surface area contributed by atoms with Crippen molar-refractivity contribution in [3.63, 3.8) is 0 Å². The maximum absolute atomic E-state index is 13.2. The van der Waals surface area contributed by atoms with E-state index in [0.717, 1.165) is 33.2 Å². The SMILES string of the molecule is Bc1ccc2c(C(=O)N3CCOCC3)c(/C=C/c3ccc(Cl)cc3)[nH]c2c1. The van der Waals surface area contributed by atoms with Crippen molar-refractivity contribution >= 4 is 53.9 Å². The van der Waals surface area contributed by atoms with E-state index < -0.39 is 0 Å². The minimum Gasteiger partial charge on any atom is -0.378 e. The van der Waals surface area contributed by atoms with E-state index >= 15 is 0 Å². The number of carbonyl (C=O) groups is 1. The number of aromatic amines is 1. The van der Waals surface area contributed by atoms with Crippen LogP contribution >= 0.6 is 11.6 Å². The van der Waals surface area contributed by atoms with Crippen molar-refractivity contribution in [3.8, 4) is 0 Å². The summed E-state index contributed by atoms with van der Waals surface area (Å²) in [5, 5.41) is 1.66. The molecule has 27 heavy (non-hydrogen) atoms. The van der Waals surface area contributed by atoms with Gasteiger partial charge in [-0.2, -0.15) is 0 Å². The molecule has 0 unspecified atom stereocenters. The summed E-state index contributed by atoms with van der Waals surface area (Å²) in [5.74, 6) is 0.0455. The number of H-pyrrole nitrogens is 1. The highest BCUT2D eigenvalue weighted by molar-refractivity contribution is 6.33. The first-order valence-corrected chi connectivity index (χ1v) is 9.42. The number of ether oxygens (including phenoxy) is 1. The van der Waals surface area contributed by atoms with Crippen LogP contribution in [0.3, 0.4) is 0 Å². The monoisotopic (exact) mass is 378 g/mol. The fourth-order valence-electron chi connectivity index (χ4n) is 3.37. The van der Waals surface area contributed by atoms with Gasteiger partial charge in [-0.3, -0.25) is 4.79 Å². The quantitative estimate of drug-likeness (QED) is 0.712. The van der Waals surface area contributed by atoms with Crippen molar-refractivity contribution < 1.29 is 9.53 Å². The Morgan fingerprint density at radius 3 is 2.59 bits per heavy atom. The number of hydrogen-bond donors (Lipinski definition) is 1. The van der Waals surface area contributed by atoms with Crippen LogP contribution in [0.5, 0.6) is 0 Å². The number of benzene rings is 2. The summed E-state index contributed by atoms with van der Waals surface area (Å²) in [6, 6.07) is 13.8. The van der Waals surface area contributed by atoms with Crippen molar-refractivity contribution in [2.45, 2.75) is 0 Å². The molecule has 6 heteroatoms. The zero-order valence-electron chi connectivity index (χ0n) is 15.2. The largest absolute Gasteiger partial charge is 0.378 e. The van der Waals surface area contributed by atoms with Gasteiger partial charge in [0.25, 0.3) is 5.91 Å². The first kappa shape index (κ1) is 17.9. The second-order valence-electron chi connectivity index (χ2n) is 6.75. The van der Waals surface area contributed by atoms with Crippen LogP contribution in [-0.4, -0.2) is 49.9 Å². The third kappa shape index (κ3) is 3.80. The van der Waals surface area contributed by atoms with Crippen molar-refractivity contribution in [2.75, 3.05) is 26.3 Å². The van der Waals surface area contributed by atoms with Gasteiger partial charge in [0, 0.05) is 29.0 Å². The summed E-state index contributed by atoms with van der Waals surface area (Å²) in [6.45, 7) is 2.42. The molecule has 4 nitrogen and oxygen atoms in total. The van der Waals surface area contributed by atoms with Crippen LogP contribution in [0.2, 0.25) is 5.02 Å². The predicted octanol–water partition coefficient (Wildman–Crippen LogP) is 2.72. The standard InChI is InChI=1S/C21H20BClN2O2/c22-15-4-7-17-19(13-15)24-18(8-3-14-1-5-16(23)6-2-14)20(17)21(26)25-9-11-27-12-10-25/h1-8,13,24H,9-12,22H2/b8-3+. The number of aromatic nitrogens is 1. The minimum absolute atomic E-state index is 0.0455. The van der Waals surface area contributed by atoms with Gasteiger partial charge in [-0.1, -0.05) is 47.4 Å². The molecule has 1 N–H and O–H groups in total. The molecular formula is C21H20BClN2O2. The number of hydrogen-bond acceptors (Lipinski definition) is 2. The van der Waals surface area contributed by atoms with Crippen LogP contribution in [-0.2, 0) is 4.74 Å². The highest BCUT2D eigenvalue weighted by Gasteiger charge is 2.24. The Morgan fingerprint density at radius 2 is 1.85 bits per heavy atom. The van der Waals surface area contributed by atoms with Gasteiger partial charge >= 0.3 is 0 Å². The molecule has 1 aliphatic heterocycles. The normalized spacial score (nSPS) is 14.9. The van der Waals surface area contributed by atoms with Crippen molar-refractivity contribution in [3.05, 3.63) is 64.3 Å².